The van der Waals surface area contributed by atoms with Gasteiger partial charge < -0.3 is 28.5 Å². The minimum absolute atomic E-state index is 0.177. The summed E-state index contributed by atoms with van der Waals surface area (Å²) in [4.78, 5) is 37.8. The Bertz CT molecular complexity index is 1790. The van der Waals surface area contributed by atoms with Gasteiger partial charge in [-0.3, -0.25) is 9.59 Å². The largest absolute Gasteiger partial charge is 0.477 e. The fourth-order valence-electron chi connectivity index (χ4n) is 12.2. The first kappa shape index (κ1) is 91.7. The van der Waals surface area contributed by atoms with Crippen molar-refractivity contribution in [3.63, 3.8) is 0 Å². The molecule has 9 heteroatoms. The van der Waals surface area contributed by atoms with Gasteiger partial charge in [0.15, 0.2) is 6.10 Å². The number of hydrogen-bond acceptors (Lipinski definition) is 7. The van der Waals surface area contributed by atoms with Gasteiger partial charge in [0, 0.05) is 12.8 Å². The molecular formula is C86H158NO8+. The summed E-state index contributed by atoms with van der Waals surface area (Å²) in [6.45, 7) is 4.82. The summed E-state index contributed by atoms with van der Waals surface area (Å²) in [7, 11) is 6.00. The Balaban J connectivity index is 3.96. The number of ether oxygens (including phenoxy) is 4. The molecule has 0 heterocycles. The van der Waals surface area contributed by atoms with Crippen LogP contribution in [0.15, 0.2) is 72.9 Å². The van der Waals surface area contributed by atoms with Crippen molar-refractivity contribution in [3.05, 3.63) is 72.9 Å². The van der Waals surface area contributed by atoms with E-state index in [9.17, 15) is 19.5 Å². The van der Waals surface area contributed by atoms with Crippen LogP contribution in [0.5, 0.6) is 0 Å². The molecule has 0 fully saturated rings. The van der Waals surface area contributed by atoms with Crippen molar-refractivity contribution < 1.29 is 42.9 Å². The van der Waals surface area contributed by atoms with Crippen LogP contribution in [-0.4, -0.2) is 87.4 Å². The lowest BCUT2D eigenvalue weighted by molar-refractivity contribution is -0.870. The van der Waals surface area contributed by atoms with E-state index >= 15 is 0 Å². The van der Waals surface area contributed by atoms with Gasteiger partial charge in [0.05, 0.1) is 34.4 Å². The number of hydrogen-bond donors (Lipinski definition) is 1. The molecule has 0 aliphatic rings. The molecule has 0 bridgehead atoms. The van der Waals surface area contributed by atoms with E-state index in [0.717, 1.165) is 70.6 Å². The van der Waals surface area contributed by atoms with Gasteiger partial charge in [0.2, 0.25) is 0 Å². The van der Waals surface area contributed by atoms with Crippen molar-refractivity contribution in [3.8, 4) is 0 Å². The summed E-state index contributed by atoms with van der Waals surface area (Å²) in [5, 5.41) is 9.78. The van der Waals surface area contributed by atoms with Gasteiger partial charge in [-0.25, -0.2) is 4.79 Å². The van der Waals surface area contributed by atoms with Gasteiger partial charge in [-0.1, -0.05) is 376 Å². The molecule has 0 amide bonds. The number of esters is 2. The maximum Gasteiger partial charge on any atom is 0.361 e. The van der Waals surface area contributed by atoms with Gasteiger partial charge in [-0.05, 0) is 83.5 Å². The summed E-state index contributed by atoms with van der Waals surface area (Å²) < 4.78 is 23.1. The lowest BCUT2D eigenvalue weighted by Gasteiger charge is -2.25. The predicted molar refractivity (Wildman–Crippen MR) is 410 cm³/mol. The van der Waals surface area contributed by atoms with Crippen LogP contribution in [-0.2, 0) is 33.3 Å². The van der Waals surface area contributed by atoms with Crippen LogP contribution in [0.4, 0.5) is 0 Å². The molecule has 0 aromatic carbocycles. The van der Waals surface area contributed by atoms with Crippen LogP contribution in [0.1, 0.15) is 399 Å². The normalized spacial score (nSPS) is 13.0. The van der Waals surface area contributed by atoms with Crippen molar-refractivity contribution in [1.82, 2.24) is 0 Å². The van der Waals surface area contributed by atoms with Gasteiger partial charge in [0.1, 0.15) is 13.2 Å². The van der Waals surface area contributed by atoms with E-state index in [-0.39, 0.29) is 38.2 Å². The van der Waals surface area contributed by atoms with E-state index in [1.807, 2.05) is 21.1 Å². The molecule has 1 N–H and O–H groups in total. The third kappa shape index (κ3) is 77.9. The van der Waals surface area contributed by atoms with Crippen LogP contribution >= 0.6 is 0 Å². The lowest BCUT2D eigenvalue weighted by atomic mass is 10.0. The van der Waals surface area contributed by atoms with E-state index in [1.54, 1.807) is 0 Å². The molecule has 95 heavy (non-hydrogen) atoms. The molecule has 0 rings (SSSR count). The van der Waals surface area contributed by atoms with Crippen molar-refractivity contribution >= 4 is 17.9 Å². The average molecular weight is 1330 g/mol. The van der Waals surface area contributed by atoms with Crippen LogP contribution in [0.2, 0.25) is 0 Å². The number of allylic oxidation sites excluding steroid dienone is 12. The molecular weight excluding hydrogens is 1170 g/mol. The van der Waals surface area contributed by atoms with Crippen molar-refractivity contribution in [2.75, 3.05) is 47.5 Å². The molecule has 0 aliphatic carbocycles. The minimum Gasteiger partial charge on any atom is -0.477 e. The number of carbonyl (C=O) groups excluding carboxylic acids is 2. The number of carboxylic acid groups (broad SMARTS) is 1. The Morgan fingerprint density at radius 3 is 0.895 bits per heavy atom. The highest BCUT2D eigenvalue weighted by molar-refractivity contribution is 5.71. The highest BCUT2D eigenvalue weighted by Crippen LogP contribution is 2.20. The quantitative estimate of drug-likeness (QED) is 0.0211. The van der Waals surface area contributed by atoms with Crippen molar-refractivity contribution in [1.29, 1.82) is 0 Å². The third-order valence-corrected chi connectivity index (χ3v) is 18.4. The van der Waals surface area contributed by atoms with E-state index in [4.69, 9.17) is 18.9 Å². The van der Waals surface area contributed by atoms with Gasteiger partial charge in [0.25, 0.3) is 6.29 Å². The first-order chi connectivity index (χ1) is 46.6. The van der Waals surface area contributed by atoms with E-state index < -0.39 is 18.4 Å². The molecule has 9 nitrogen and oxygen atoms in total. The van der Waals surface area contributed by atoms with Crippen molar-refractivity contribution in [2.45, 2.75) is 411 Å². The lowest BCUT2D eigenvalue weighted by Crippen LogP contribution is -2.40. The average Bonchev–Trinajstić information content (AvgIpc) is 3.75. The fraction of sp³-hybridized carbons (Fsp3) is 0.826. The molecule has 2 unspecified atom stereocenters. The number of rotatable bonds is 77. The zero-order chi connectivity index (χ0) is 69.0. The molecule has 0 aromatic rings. The highest BCUT2D eigenvalue weighted by Gasteiger charge is 2.25. The van der Waals surface area contributed by atoms with Gasteiger partial charge in [-0.2, -0.15) is 0 Å². The van der Waals surface area contributed by atoms with Crippen LogP contribution in [0.3, 0.4) is 0 Å². The second kappa shape index (κ2) is 76.5. The van der Waals surface area contributed by atoms with Gasteiger partial charge in [-0.15, -0.1) is 0 Å². The first-order valence-corrected chi connectivity index (χ1v) is 41.1. The minimum atomic E-state index is -1.51. The smallest absolute Gasteiger partial charge is 0.361 e. The highest BCUT2D eigenvalue weighted by atomic mass is 16.7. The molecule has 0 radical (unpaired) electrons. The van der Waals surface area contributed by atoms with E-state index in [2.05, 4.69) is 86.8 Å². The van der Waals surface area contributed by atoms with Crippen LogP contribution in [0.25, 0.3) is 0 Å². The Hall–Kier alpha value is -3.27. The predicted octanol–water partition coefficient (Wildman–Crippen LogP) is 26.4. The number of unbranched alkanes of at least 4 members (excludes halogenated alkanes) is 50. The maximum absolute atomic E-state index is 13.0. The fourth-order valence-corrected chi connectivity index (χ4v) is 12.2. The standard InChI is InChI=1S/C86H157NO8/c1-6-8-10-12-14-16-18-20-22-24-26-28-30-32-34-36-38-40-41-42-43-45-46-48-50-52-54-56-58-60-62-64-66-68-70-72-74-76-83(88)93-80-82(81-94-86(85(90)91)92-79-78-87(3,4)5)95-84(89)77-75-73-71-69-67-65-63-61-59-57-55-53-51-49-47-44-39-37-35-33-31-29-27-25-23-21-19-17-15-13-11-9-7-2/h9,11,15,17-18,20-21,23-24,26-27,29,82,86H,6-8,10,12-14,16,19,22,25,28,30-81H2,1-5H3/p+1/b11-9-,17-15-,20-18-,23-21-,26-24-,29-27-. The van der Waals surface area contributed by atoms with Crippen LogP contribution < -0.4 is 0 Å². The Kier molecular flexibility index (Phi) is 73.9. The molecule has 0 aliphatic heterocycles. The monoisotopic (exact) mass is 1330 g/mol. The number of likely N-dealkylation sites (N-methyl/N-ethyl adjacent to an activating group) is 1. The van der Waals surface area contributed by atoms with Crippen molar-refractivity contribution in [2.24, 2.45) is 0 Å². The Morgan fingerprint density at radius 2 is 0.600 bits per heavy atom. The number of carboxylic acids is 1. The zero-order valence-corrected chi connectivity index (χ0v) is 63.6. The van der Waals surface area contributed by atoms with E-state index in [0.29, 0.717) is 17.4 Å². The number of aliphatic carboxylic acids is 1. The maximum atomic E-state index is 13.0. The summed E-state index contributed by atoms with van der Waals surface area (Å²) in [6, 6.07) is 0. The first-order valence-electron chi connectivity index (χ1n) is 41.1. The third-order valence-electron chi connectivity index (χ3n) is 18.4. The molecule has 0 aromatic heterocycles. The van der Waals surface area contributed by atoms with Crippen LogP contribution in [0, 0.1) is 0 Å². The molecule has 554 valence electrons. The van der Waals surface area contributed by atoms with E-state index in [1.165, 1.54) is 302 Å². The molecule has 0 saturated heterocycles. The topological polar surface area (TPSA) is 108 Å². The summed E-state index contributed by atoms with van der Waals surface area (Å²) in [5.74, 6) is -1.98. The van der Waals surface area contributed by atoms with Gasteiger partial charge >= 0.3 is 17.9 Å². The molecule has 0 spiro atoms. The summed E-state index contributed by atoms with van der Waals surface area (Å²) in [5.41, 5.74) is 0. The summed E-state index contributed by atoms with van der Waals surface area (Å²) >= 11 is 0. The SMILES string of the molecule is CC/C=C\C/C=C\C/C=C\C/C=C\CCCCCCCCCCCCCCCCCCCCCCC(=O)OC(COC(=O)CCCCCCCCCCCCCCCCCCCCCCCCCCC/C=C\C/C=C\CCCCCCC)COC(OCC[N+](C)(C)C)C(=O)O. The molecule has 0 saturated carbocycles. The zero-order valence-electron chi connectivity index (χ0n) is 63.6. The second-order valence-electron chi connectivity index (χ2n) is 29.1. The Labute approximate surface area is 589 Å². The molecule has 2 atom stereocenters. The summed E-state index contributed by atoms with van der Waals surface area (Å²) in [6.07, 6.45) is 101. The number of nitrogens with zero attached hydrogens (tertiary/aromatic N) is 1. The number of carbonyl (C=O) groups is 3. The number of quaternary nitrogens is 1. The second-order valence-corrected chi connectivity index (χ2v) is 29.1. The Morgan fingerprint density at radius 1 is 0.326 bits per heavy atom.